The van der Waals surface area contributed by atoms with Gasteiger partial charge in [-0.05, 0) is 31.2 Å². The number of esters is 2. The Kier molecular flexibility index (Phi) is 6.03. The van der Waals surface area contributed by atoms with Gasteiger partial charge in [-0.1, -0.05) is 18.2 Å². The summed E-state index contributed by atoms with van der Waals surface area (Å²) in [5, 5.41) is 0. The second-order valence-electron chi connectivity index (χ2n) is 5.15. The van der Waals surface area contributed by atoms with Crippen molar-refractivity contribution >= 4 is 11.9 Å². The van der Waals surface area contributed by atoms with Crippen LogP contribution in [0.3, 0.4) is 0 Å². The number of carbonyl (C=O) groups excluding carboxylic acids is 2. The minimum absolute atomic E-state index is 0.298. The predicted molar refractivity (Wildman–Crippen MR) is 89.3 cm³/mol. The minimum atomic E-state index is -0.741. The van der Waals surface area contributed by atoms with Gasteiger partial charge in [0.2, 0.25) is 0 Å². The lowest BCUT2D eigenvalue weighted by Gasteiger charge is -2.11. The van der Waals surface area contributed by atoms with Gasteiger partial charge < -0.3 is 15.2 Å². The summed E-state index contributed by atoms with van der Waals surface area (Å²) in [4.78, 5) is 27.6. The van der Waals surface area contributed by atoms with E-state index in [2.05, 4.69) is 9.72 Å². The van der Waals surface area contributed by atoms with Crippen LogP contribution in [0.1, 0.15) is 23.0 Å². The normalized spacial score (nSPS) is 11.6. The van der Waals surface area contributed by atoms with Crippen LogP contribution in [0.2, 0.25) is 0 Å². The Bertz CT molecular complexity index is 713. The number of carbonyl (C=O) groups is 2. The molecule has 1 unspecified atom stereocenters. The van der Waals surface area contributed by atoms with Gasteiger partial charge in [-0.15, -0.1) is 0 Å². The van der Waals surface area contributed by atoms with Crippen LogP contribution in [-0.4, -0.2) is 36.7 Å². The van der Waals surface area contributed by atoms with Gasteiger partial charge in [0.15, 0.2) is 0 Å². The smallest absolute Gasteiger partial charge is 0.337 e. The van der Waals surface area contributed by atoms with Crippen LogP contribution in [0, 0.1) is 0 Å². The topological polar surface area (TPSA) is 91.5 Å². The fourth-order valence-corrected chi connectivity index (χ4v) is 2.21. The highest BCUT2D eigenvalue weighted by Crippen LogP contribution is 2.18. The number of rotatable bonds is 6. The lowest BCUT2D eigenvalue weighted by atomic mass is 10.1. The molecule has 1 heterocycles. The molecule has 2 aromatic rings. The first-order valence-corrected chi connectivity index (χ1v) is 7.62. The molecule has 0 aliphatic heterocycles. The Morgan fingerprint density at radius 2 is 1.88 bits per heavy atom. The Hall–Kier alpha value is -2.73. The van der Waals surface area contributed by atoms with Crippen LogP contribution >= 0.6 is 0 Å². The van der Waals surface area contributed by atoms with E-state index in [0.29, 0.717) is 24.3 Å². The van der Waals surface area contributed by atoms with Crippen LogP contribution < -0.4 is 5.73 Å². The lowest BCUT2D eigenvalue weighted by molar-refractivity contribution is -0.144. The molecule has 0 radical (unpaired) electrons. The van der Waals surface area contributed by atoms with Gasteiger partial charge in [-0.2, -0.15) is 0 Å². The summed E-state index contributed by atoms with van der Waals surface area (Å²) in [7, 11) is 1.34. The van der Waals surface area contributed by atoms with E-state index >= 15 is 0 Å². The van der Waals surface area contributed by atoms with E-state index in [1.54, 1.807) is 31.2 Å². The second-order valence-corrected chi connectivity index (χ2v) is 5.15. The molecular formula is C18H20N2O4. The molecule has 0 spiro atoms. The van der Waals surface area contributed by atoms with Crippen molar-refractivity contribution in [2.75, 3.05) is 13.7 Å². The van der Waals surface area contributed by atoms with Crippen LogP contribution in [0.15, 0.2) is 42.5 Å². The van der Waals surface area contributed by atoms with Gasteiger partial charge in [0, 0.05) is 17.7 Å². The highest BCUT2D eigenvalue weighted by molar-refractivity contribution is 5.89. The highest BCUT2D eigenvalue weighted by Gasteiger charge is 2.16. The highest BCUT2D eigenvalue weighted by atomic mass is 16.5. The summed E-state index contributed by atoms with van der Waals surface area (Å²) < 4.78 is 9.58. The van der Waals surface area contributed by atoms with Crippen LogP contribution in [-0.2, 0) is 20.7 Å². The van der Waals surface area contributed by atoms with E-state index in [9.17, 15) is 9.59 Å². The molecule has 2 rings (SSSR count). The third kappa shape index (κ3) is 4.39. The van der Waals surface area contributed by atoms with Gasteiger partial charge in [0.05, 0.1) is 25.0 Å². The molecule has 0 saturated heterocycles. The molecule has 0 bridgehead atoms. The number of pyridine rings is 1. The fourth-order valence-electron chi connectivity index (χ4n) is 2.21. The zero-order valence-corrected chi connectivity index (χ0v) is 13.7. The zero-order chi connectivity index (χ0) is 17.5. The van der Waals surface area contributed by atoms with Crippen LogP contribution in [0.5, 0.6) is 0 Å². The molecule has 0 aliphatic rings. The molecule has 6 nitrogen and oxygen atoms in total. The first kappa shape index (κ1) is 17.6. The summed E-state index contributed by atoms with van der Waals surface area (Å²) in [6, 6.07) is 11.7. The van der Waals surface area contributed by atoms with Gasteiger partial charge in [-0.25, -0.2) is 4.79 Å². The number of nitrogens with zero attached hydrogens (tertiary/aromatic N) is 1. The first-order chi connectivity index (χ1) is 11.5. The van der Waals surface area contributed by atoms with E-state index in [1.165, 1.54) is 7.11 Å². The molecule has 24 heavy (non-hydrogen) atoms. The molecule has 0 fully saturated rings. The molecule has 126 valence electrons. The number of aromatic nitrogens is 1. The third-order valence-corrected chi connectivity index (χ3v) is 3.43. The number of hydrogen-bond donors (Lipinski definition) is 1. The number of benzene rings is 1. The summed E-state index contributed by atoms with van der Waals surface area (Å²) in [6.07, 6.45) is 0.299. The molecule has 1 atom stereocenters. The monoisotopic (exact) mass is 328 g/mol. The van der Waals surface area contributed by atoms with Gasteiger partial charge in [0.1, 0.15) is 6.04 Å². The minimum Gasteiger partial charge on any atom is -0.465 e. The zero-order valence-electron chi connectivity index (χ0n) is 13.7. The third-order valence-electron chi connectivity index (χ3n) is 3.43. The second kappa shape index (κ2) is 8.21. The molecular weight excluding hydrogens is 308 g/mol. The van der Waals surface area contributed by atoms with Crippen molar-refractivity contribution in [2.24, 2.45) is 5.73 Å². The Morgan fingerprint density at radius 3 is 2.50 bits per heavy atom. The Balaban J connectivity index is 2.15. The van der Waals surface area contributed by atoms with Crippen LogP contribution in [0.4, 0.5) is 0 Å². The van der Waals surface area contributed by atoms with Crippen molar-refractivity contribution in [3.05, 3.63) is 53.7 Å². The van der Waals surface area contributed by atoms with Crippen molar-refractivity contribution in [2.45, 2.75) is 19.4 Å². The average Bonchev–Trinajstić information content (AvgIpc) is 2.61. The van der Waals surface area contributed by atoms with Gasteiger partial charge in [-0.3, -0.25) is 9.78 Å². The van der Waals surface area contributed by atoms with Crippen LogP contribution in [0.25, 0.3) is 11.3 Å². The molecule has 0 saturated carbocycles. The summed E-state index contributed by atoms with van der Waals surface area (Å²) in [5.74, 6) is -0.823. The average molecular weight is 328 g/mol. The molecule has 1 aromatic carbocycles. The number of hydrogen-bond acceptors (Lipinski definition) is 6. The van der Waals surface area contributed by atoms with E-state index in [-0.39, 0.29) is 5.97 Å². The summed E-state index contributed by atoms with van der Waals surface area (Å²) in [6.45, 7) is 2.04. The van der Waals surface area contributed by atoms with E-state index in [4.69, 9.17) is 10.5 Å². The van der Waals surface area contributed by atoms with Gasteiger partial charge in [0.25, 0.3) is 0 Å². The maximum atomic E-state index is 11.6. The molecule has 0 amide bonds. The quantitative estimate of drug-likeness (QED) is 0.815. The van der Waals surface area contributed by atoms with Gasteiger partial charge >= 0.3 is 11.9 Å². The molecule has 1 aromatic heterocycles. The number of methoxy groups -OCH3 is 1. The molecule has 0 aliphatic carbocycles. The summed E-state index contributed by atoms with van der Waals surface area (Å²) in [5.41, 5.74) is 8.59. The number of nitrogens with two attached hydrogens (primary N) is 1. The summed E-state index contributed by atoms with van der Waals surface area (Å²) >= 11 is 0. The van der Waals surface area contributed by atoms with Crippen molar-refractivity contribution in [3.63, 3.8) is 0 Å². The van der Waals surface area contributed by atoms with E-state index < -0.39 is 12.0 Å². The van der Waals surface area contributed by atoms with Crippen molar-refractivity contribution < 1.29 is 19.1 Å². The fraction of sp³-hybridized carbons (Fsp3) is 0.278. The standard InChI is InChI=1S/C18H20N2O4/c1-3-24-18(22)15(19)11-14-5-4-6-16(20-14)12-7-9-13(10-8-12)17(21)23-2/h4-10,15H,3,11,19H2,1-2H3. The maximum absolute atomic E-state index is 11.6. The molecule has 6 heteroatoms. The SMILES string of the molecule is CCOC(=O)C(N)Cc1cccc(-c2ccc(C(=O)OC)cc2)n1. The number of ether oxygens (including phenoxy) is 2. The maximum Gasteiger partial charge on any atom is 0.337 e. The lowest BCUT2D eigenvalue weighted by Crippen LogP contribution is -2.34. The van der Waals surface area contributed by atoms with E-state index in [1.807, 2.05) is 18.2 Å². The van der Waals surface area contributed by atoms with Crippen molar-refractivity contribution in [3.8, 4) is 11.3 Å². The largest absolute Gasteiger partial charge is 0.465 e. The predicted octanol–water partition coefficient (Wildman–Crippen LogP) is 1.97. The Labute approximate surface area is 140 Å². The first-order valence-electron chi connectivity index (χ1n) is 7.62. The van der Waals surface area contributed by atoms with E-state index in [0.717, 1.165) is 11.3 Å². The molecule has 2 N–H and O–H groups in total. The Morgan fingerprint density at radius 1 is 1.17 bits per heavy atom. The van der Waals surface area contributed by atoms with Crippen molar-refractivity contribution in [1.29, 1.82) is 0 Å². The van der Waals surface area contributed by atoms with Crippen molar-refractivity contribution in [1.82, 2.24) is 4.98 Å².